The number of thiocarbonyl (C=S) groups is 1. The normalized spacial score (nSPS) is 13.7. The lowest BCUT2D eigenvalue weighted by Gasteiger charge is -2.11. The summed E-state index contributed by atoms with van der Waals surface area (Å²) in [6, 6.07) is 3.73. The molecule has 7 heteroatoms. The van der Waals surface area contributed by atoms with Crippen molar-refractivity contribution in [2.45, 2.75) is 18.7 Å². The third kappa shape index (κ3) is 3.53. The Morgan fingerprint density at radius 3 is 2.87 bits per heavy atom. The van der Waals surface area contributed by atoms with Crippen molar-refractivity contribution in [2.75, 3.05) is 0 Å². The monoisotopic (exact) mass is 264 g/mol. The molecule has 1 aromatic rings. The van der Waals surface area contributed by atoms with E-state index in [4.69, 9.17) is 5.73 Å². The molecule has 3 N–H and O–H groups in total. The highest BCUT2D eigenvalue weighted by Crippen LogP contribution is 2.09. The van der Waals surface area contributed by atoms with Crippen LogP contribution in [0.2, 0.25) is 0 Å². The van der Waals surface area contributed by atoms with Crippen molar-refractivity contribution < 1.29 is 8.42 Å². The van der Waals surface area contributed by atoms with Gasteiger partial charge in [-0.3, -0.25) is 0 Å². The first kappa shape index (κ1) is 12.6. The molecule has 0 aliphatic carbocycles. The van der Waals surface area contributed by atoms with Crippen LogP contribution in [0.5, 0.6) is 0 Å². The number of rotatable bonds is 5. The molecule has 0 saturated heterocycles. The molecule has 1 heterocycles. The molecule has 0 aliphatic rings. The molecule has 1 atom stereocenters. The fourth-order valence-corrected chi connectivity index (χ4v) is 2.89. The highest BCUT2D eigenvalue weighted by atomic mass is 32.2. The highest BCUT2D eigenvalue weighted by molar-refractivity contribution is 7.93. The Kier molecular flexibility index (Phi) is 4.21. The van der Waals surface area contributed by atoms with E-state index in [9.17, 15) is 8.42 Å². The van der Waals surface area contributed by atoms with Gasteiger partial charge in [-0.2, -0.15) is 0 Å². The number of nitrogens with two attached hydrogens (primary N) is 1. The van der Waals surface area contributed by atoms with Crippen LogP contribution < -0.4 is 10.5 Å². The number of hydrogen-bond acceptors (Lipinski definition) is 4. The van der Waals surface area contributed by atoms with E-state index in [1.807, 2.05) is 17.5 Å². The standard InChI is InChI=1S/C8H12N2O2S3/c1-6(8(9)13)15(11,12)10-5-7-3-2-4-14-7/h2-4,6,10H,5H2,1H3,(H2,9,13). The van der Waals surface area contributed by atoms with E-state index in [2.05, 4.69) is 16.9 Å². The van der Waals surface area contributed by atoms with Gasteiger partial charge in [0.05, 0.1) is 4.99 Å². The predicted molar refractivity (Wildman–Crippen MR) is 66.3 cm³/mol. The molecule has 0 bridgehead atoms. The summed E-state index contributed by atoms with van der Waals surface area (Å²) < 4.78 is 25.6. The average molecular weight is 264 g/mol. The third-order valence-electron chi connectivity index (χ3n) is 1.89. The van der Waals surface area contributed by atoms with E-state index in [-0.39, 0.29) is 11.5 Å². The van der Waals surface area contributed by atoms with Gasteiger partial charge in [0.1, 0.15) is 5.25 Å². The van der Waals surface area contributed by atoms with Crippen LogP contribution in [0.25, 0.3) is 0 Å². The largest absolute Gasteiger partial charge is 0.392 e. The van der Waals surface area contributed by atoms with Gasteiger partial charge in [-0.1, -0.05) is 18.3 Å². The molecule has 84 valence electrons. The maximum absolute atomic E-state index is 11.6. The molecule has 1 aromatic heterocycles. The Morgan fingerprint density at radius 2 is 2.40 bits per heavy atom. The Labute approximate surface area is 98.5 Å². The summed E-state index contributed by atoms with van der Waals surface area (Å²) in [4.78, 5) is 0.933. The van der Waals surface area contributed by atoms with E-state index in [0.717, 1.165) is 4.88 Å². The average Bonchev–Trinajstić information content (AvgIpc) is 2.66. The molecule has 0 amide bonds. The van der Waals surface area contributed by atoms with E-state index in [0.29, 0.717) is 0 Å². The van der Waals surface area contributed by atoms with Gasteiger partial charge in [-0.05, 0) is 18.4 Å². The lowest BCUT2D eigenvalue weighted by Crippen LogP contribution is -2.39. The first-order chi connectivity index (χ1) is 6.93. The fraction of sp³-hybridized carbons (Fsp3) is 0.375. The van der Waals surface area contributed by atoms with E-state index >= 15 is 0 Å². The SMILES string of the molecule is CC(C(N)=S)S(=O)(=O)NCc1cccs1. The van der Waals surface area contributed by atoms with Crippen LogP contribution in [-0.2, 0) is 16.6 Å². The van der Waals surface area contributed by atoms with Gasteiger partial charge in [-0.25, -0.2) is 13.1 Å². The van der Waals surface area contributed by atoms with Gasteiger partial charge < -0.3 is 5.73 Å². The molecule has 15 heavy (non-hydrogen) atoms. The molecule has 1 rings (SSSR count). The summed E-state index contributed by atoms with van der Waals surface area (Å²) in [5.41, 5.74) is 5.29. The van der Waals surface area contributed by atoms with Crippen molar-refractivity contribution in [2.24, 2.45) is 5.73 Å². The molecule has 0 aromatic carbocycles. The minimum absolute atomic E-state index is 0.0197. The molecule has 4 nitrogen and oxygen atoms in total. The first-order valence-corrected chi connectivity index (χ1v) is 7.07. The highest BCUT2D eigenvalue weighted by Gasteiger charge is 2.22. The minimum atomic E-state index is -3.45. The lowest BCUT2D eigenvalue weighted by atomic mass is 10.5. The van der Waals surface area contributed by atoms with Gasteiger partial charge in [0.15, 0.2) is 0 Å². The van der Waals surface area contributed by atoms with Gasteiger partial charge in [0, 0.05) is 11.4 Å². The van der Waals surface area contributed by atoms with Crippen molar-refractivity contribution in [3.8, 4) is 0 Å². The molecule has 0 saturated carbocycles. The van der Waals surface area contributed by atoms with Crippen LogP contribution in [0.3, 0.4) is 0 Å². The van der Waals surface area contributed by atoms with Gasteiger partial charge >= 0.3 is 0 Å². The van der Waals surface area contributed by atoms with Crippen LogP contribution in [0.1, 0.15) is 11.8 Å². The second-order valence-electron chi connectivity index (χ2n) is 2.99. The Morgan fingerprint density at radius 1 is 1.73 bits per heavy atom. The van der Waals surface area contributed by atoms with Crippen LogP contribution >= 0.6 is 23.6 Å². The maximum atomic E-state index is 11.6. The smallest absolute Gasteiger partial charge is 0.221 e. The molecule has 0 aliphatic heterocycles. The van der Waals surface area contributed by atoms with Crippen molar-refractivity contribution >= 4 is 38.6 Å². The Bertz CT molecular complexity index is 425. The van der Waals surface area contributed by atoms with Crippen molar-refractivity contribution in [1.29, 1.82) is 0 Å². The van der Waals surface area contributed by atoms with Crippen molar-refractivity contribution in [3.63, 3.8) is 0 Å². The molecular formula is C8H12N2O2S3. The number of hydrogen-bond donors (Lipinski definition) is 2. The van der Waals surface area contributed by atoms with E-state index in [1.165, 1.54) is 18.3 Å². The van der Waals surface area contributed by atoms with Crippen molar-refractivity contribution in [1.82, 2.24) is 4.72 Å². The molecule has 0 fully saturated rings. The van der Waals surface area contributed by atoms with Crippen LogP contribution in [-0.4, -0.2) is 18.7 Å². The van der Waals surface area contributed by atoms with Crippen LogP contribution in [0, 0.1) is 0 Å². The van der Waals surface area contributed by atoms with E-state index in [1.54, 1.807) is 0 Å². The summed E-state index contributed by atoms with van der Waals surface area (Å²) in [5.74, 6) is 0. The Hall–Kier alpha value is -0.500. The second-order valence-corrected chi connectivity index (χ2v) is 6.58. The fourth-order valence-electron chi connectivity index (χ4n) is 0.863. The summed E-state index contributed by atoms with van der Waals surface area (Å²) in [5, 5.41) is 1.05. The second kappa shape index (κ2) is 5.02. The zero-order chi connectivity index (χ0) is 11.5. The maximum Gasteiger partial charge on any atom is 0.221 e. The quantitative estimate of drug-likeness (QED) is 0.773. The number of nitrogens with one attached hydrogen (secondary N) is 1. The molecule has 0 radical (unpaired) electrons. The summed E-state index contributed by atoms with van der Waals surface area (Å²) in [7, 11) is -3.45. The van der Waals surface area contributed by atoms with Crippen molar-refractivity contribution in [3.05, 3.63) is 22.4 Å². The van der Waals surface area contributed by atoms with E-state index < -0.39 is 15.3 Å². The minimum Gasteiger partial charge on any atom is -0.392 e. The number of thiophene rings is 1. The predicted octanol–water partition coefficient (Wildman–Crippen LogP) is 0.842. The van der Waals surface area contributed by atoms with Gasteiger partial charge in [0.2, 0.25) is 10.0 Å². The number of sulfonamides is 1. The topological polar surface area (TPSA) is 72.2 Å². The van der Waals surface area contributed by atoms with Crippen LogP contribution in [0.15, 0.2) is 17.5 Å². The zero-order valence-electron chi connectivity index (χ0n) is 8.14. The summed E-state index contributed by atoms with van der Waals surface area (Å²) in [6.07, 6.45) is 0. The zero-order valence-corrected chi connectivity index (χ0v) is 10.6. The third-order valence-corrected chi connectivity index (χ3v) is 5.00. The Balaban J connectivity index is 2.62. The first-order valence-electron chi connectivity index (χ1n) is 4.23. The molecule has 1 unspecified atom stereocenters. The summed E-state index contributed by atoms with van der Waals surface area (Å²) >= 11 is 6.13. The molecule has 0 spiro atoms. The summed E-state index contributed by atoms with van der Waals surface area (Å²) in [6.45, 7) is 1.76. The lowest BCUT2D eigenvalue weighted by molar-refractivity contribution is 0.578. The van der Waals surface area contributed by atoms with Gasteiger partial charge in [0.25, 0.3) is 0 Å². The van der Waals surface area contributed by atoms with Crippen LogP contribution in [0.4, 0.5) is 0 Å². The molecular weight excluding hydrogens is 252 g/mol. The van der Waals surface area contributed by atoms with Gasteiger partial charge in [-0.15, -0.1) is 11.3 Å².